The van der Waals surface area contributed by atoms with Gasteiger partial charge in [0.25, 0.3) is 0 Å². The molecule has 1 fully saturated rings. The molecule has 124 valence electrons. The Morgan fingerprint density at radius 1 is 1.36 bits per heavy atom. The highest BCUT2D eigenvalue weighted by atomic mass is 16.8. The molecule has 9 heteroatoms. The predicted molar refractivity (Wildman–Crippen MR) is 74.8 cm³/mol. The number of nitrogens with one attached hydrogen (secondary N) is 2. The van der Waals surface area contributed by atoms with Crippen LogP contribution >= 0.6 is 0 Å². The lowest BCUT2D eigenvalue weighted by Crippen LogP contribution is -2.99. The summed E-state index contributed by atoms with van der Waals surface area (Å²) in [6, 6.07) is 4.43. The van der Waals surface area contributed by atoms with Crippen molar-refractivity contribution < 1.29 is 35.2 Å². The molecule has 9 nitrogen and oxygen atoms in total. The lowest BCUT2D eigenvalue weighted by molar-refractivity contribution is -0.990. The molecule has 0 amide bonds. The maximum absolute atomic E-state index is 11.3. The summed E-state index contributed by atoms with van der Waals surface area (Å²) in [5.41, 5.74) is 0.158. The van der Waals surface area contributed by atoms with E-state index in [0.29, 0.717) is 12.4 Å². The second kappa shape index (κ2) is 7.20. The molecule has 1 aliphatic heterocycles. The first-order chi connectivity index (χ1) is 10.4. The van der Waals surface area contributed by atoms with Gasteiger partial charge in [-0.1, -0.05) is 0 Å². The van der Waals surface area contributed by atoms with Gasteiger partial charge in [-0.25, -0.2) is 5.21 Å². The largest absolute Gasteiger partial charge is 0.595 e. The van der Waals surface area contributed by atoms with Crippen molar-refractivity contribution in [2.24, 2.45) is 0 Å². The molecule has 0 aliphatic carbocycles. The van der Waals surface area contributed by atoms with E-state index >= 15 is 0 Å². The number of anilines is 1. The Labute approximate surface area is 126 Å². The molecule has 0 radical (unpaired) electrons. The average Bonchev–Trinajstić information content (AvgIpc) is 2.49. The maximum atomic E-state index is 11.3. The Morgan fingerprint density at radius 3 is 2.73 bits per heavy atom. The molecule has 1 aliphatic rings. The third kappa shape index (κ3) is 3.65. The molecule has 22 heavy (non-hydrogen) atoms. The van der Waals surface area contributed by atoms with Gasteiger partial charge in [0.2, 0.25) is 0 Å². The van der Waals surface area contributed by atoms with Gasteiger partial charge in [-0.3, -0.25) is 0 Å². The van der Waals surface area contributed by atoms with Crippen molar-refractivity contribution in [3.05, 3.63) is 23.4 Å². The molecule has 0 bridgehead atoms. The van der Waals surface area contributed by atoms with Crippen LogP contribution in [0.3, 0.4) is 0 Å². The zero-order valence-corrected chi connectivity index (χ0v) is 12.0. The Bertz CT molecular complexity index is 499. The maximum Gasteiger partial charge on any atom is 0.190 e. The number of rotatable bonds is 5. The molecule has 2 unspecified atom stereocenters. The van der Waals surface area contributed by atoms with Crippen molar-refractivity contribution in [3.8, 4) is 5.75 Å². The molecule has 5 atom stereocenters. The summed E-state index contributed by atoms with van der Waals surface area (Å²) >= 11 is 0. The Balaban J connectivity index is 2.18. The fourth-order valence-corrected chi connectivity index (χ4v) is 2.17. The summed E-state index contributed by atoms with van der Waals surface area (Å²) in [5.74, 6) is 0.408. The minimum atomic E-state index is -1.39. The van der Waals surface area contributed by atoms with Gasteiger partial charge in [0, 0.05) is 6.07 Å². The van der Waals surface area contributed by atoms with E-state index < -0.39 is 29.8 Å². The summed E-state index contributed by atoms with van der Waals surface area (Å²) < 4.78 is 10.4. The van der Waals surface area contributed by atoms with Crippen LogP contribution in [0.5, 0.6) is 5.75 Å². The van der Waals surface area contributed by atoms with Crippen molar-refractivity contribution in [2.75, 3.05) is 18.5 Å². The zero-order chi connectivity index (χ0) is 16.3. The first-order valence-corrected chi connectivity index (χ1v) is 6.86. The second-order valence-electron chi connectivity index (χ2n) is 4.89. The molecule has 1 aromatic rings. The SMILES string of the molecule is CCOc1ccc(NC2OC[C@@H](O)[C@H](O)[C@H]2O)c([NH+]([O-])O)c1. The lowest BCUT2D eigenvalue weighted by atomic mass is 10.0. The van der Waals surface area contributed by atoms with E-state index in [9.17, 15) is 25.7 Å². The lowest BCUT2D eigenvalue weighted by Gasteiger charge is -2.36. The van der Waals surface area contributed by atoms with Crippen molar-refractivity contribution in [3.63, 3.8) is 0 Å². The van der Waals surface area contributed by atoms with Crippen LogP contribution < -0.4 is 15.3 Å². The molecule has 1 saturated heterocycles. The van der Waals surface area contributed by atoms with Gasteiger partial charge in [0.15, 0.2) is 11.9 Å². The fraction of sp³-hybridized carbons (Fsp3) is 0.538. The van der Waals surface area contributed by atoms with Crippen LogP contribution in [0.4, 0.5) is 11.4 Å². The normalized spacial score (nSPS) is 29.9. The molecule has 0 saturated carbocycles. The monoisotopic (exact) mass is 316 g/mol. The van der Waals surface area contributed by atoms with Crippen molar-refractivity contribution in [2.45, 2.75) is 31.5 Å². The minimum Gasteiger partial charge on any atom is -0.595 e. The first kappa shape index (κ1) is 16.9. The predicted octanol–water partition coefficient (Wildman–Crippen LogP) is -1.66. The number of quaternary nitrogens is 1. The van der Waals surface area contributed by atoms with Gasteiger partial charge in [0.05, 0.1) is 13.2 Å². The van der Waals surface area contributed by atoms with E-state index in [0.717, 1.165) is 0 Å². The quantitative estimate of drug-likeness (QED) is 0.355. The van der Waals surface area contributed by atoms with E-state index in [2.05, 4.69) is 5.32 Å². The Hall–Kier alpha value is -1.46. The van der Waals surface area contributed by atoms with Crippen LogP contribution in [0.15, 0.2) is 18.2 Å². The summed E-state index contributed by atoms with van der Waals surface area (Å²) in [7, 11) is 0. The Kier molecular flexibility index (Phi) is 5.53. The second-order valence-corrected chi connectivity index (χ2v) is 4.89. The molecular weight excluding hydrogens is 296 g/mol. The molecular formula is C13H20N2O7. The number of benzene rings is 1. The summed E-state index contributed by atoms with van der Waals surface area (Å²) in [6.45, 7) is 2.02. The van der Waals surface area contributed by atoms with Crippen LogP contribution in [0.1, 0.15) is 6.92 Å². The number of ether oxygens (including phenoxy) is 2. The molecule has 1 heterocycles. The molecule has 0 spiro atoms. The number of hydrogen-bond donors (Lipinski definition) is 6. The van der Waals surface area contributed by atoms with E-state index in [4.69, 9.17) is 9.47 Å². The first-order valence-electron chi connectivity index (χ1n) is 6.86. The summed E-state index contributed by atoms with van der Waals surface area (Å²) in [5, 5.41) is 51.0. The van der Waals surface area contributed by atoms with E-state index in [-0.39, 0.29) is 18.0 Å². The van der Waals surface area contributed by atoms with Gasteiger partial charge in [0.1, 0.15) is 29.7 Å². The van der Waals surface area contributed by atoms with E-state index in [1.165, 1.54) is 12.1 Å². The molecule has 0 aromatic heterocycles. The van der Waals surface area contributed by atoms with Gasteiger partial charge in [-0.05, 0) is 19.1 Å². The zero-order valence-electron chi connectivity index (χ0n) is 12.0. The third-order valence-electron chi connectivity index (χ3n) is 3.33. The number of hydrogen-bond acceptors (Lipinski definition) is 8. The topological polar surface area (TPSA) is 139 Å². The van der Waals surface area contributed by atoms with Crippen LogP contribution in [0.25, 0.3) is 0 Å². The third-order valence-corrected chi connectivity index (χ3v) is 3.33. The molecule has 2 rings (SSSR count). The average molecular weight is 316 g/mol. The highest BCUT2D eigenvalue weighted by molar-refractivity contribution is 5.64. The summed E-state index contributed by atoms with van der Waals surface area (Å²) in [4.78, 5) is 0. The van der Waals surface area contributed by atoms with Gasteiger partial charge in [-0.15, -0.1) is 0 Å². The van der Waals surface area contributed by atoms with Crippen LogP contribution in [0, 0.1) is 5.21 Å². The van der Waals surface area contributed by atoms with Gasteiger partial charge < -0.3 is 35.3 Å². The van der Waals surface area contributed by atoms with Crippen LogP contribution in [-0.4, -0.2) is 58.3 Å². The number of aliphatic hydroxyl groups excluding tert-OH is 3. The molecule has 1 aromatic carbocycles. The smallest absolute Gasteiger partial charge is 0.190 e. The van der Waals surface area contributed by atoms with Gasteiger partial charge >= 0.3 is 0 Å². The highest BCUT2D eigenvalue weighted by Crippen LogP contribution is 2.27. The molecule has 6 N–H and O–H groups in total. The van der Waals surface area contributed by atoms with Crippen molar-refractivity contribution in [1.29, 1.82) is 0 Å². The van der Waals surface area contributed by atoms with Crippen LogP contribution in [-0.2, 0) is 4.74 Å². The fourth-order valence-electron chi connectivity index (χ4n) is 2.17. The van der Waals surface area contributed by atoms with Gasteiger partial charge in [-0.2, -0.15) is 5.23 Å². The standard InChI is InChI=1S/C13H20N2O7/c1-2-21-7-3-4-8(9(5-7)15(19)20)14-13-12(18)11(17)10(16)6-22-13/h3-5,10-19H,2,6H2,1H3/t10-,11+,12-,13?/m1/s1. The Morgan fingerprint density at radius 2 is 2.09 bits per heavy atom. The summed E-state index contributed by atoms with van der Waals surface area (Å²) in [6.07, 6.45) is -4.99. The van der Waals surface area contributed by atoms with E-state index in [1.807, 2.05) is 0 Å². The minimum absolute atomic E-state index is 0.0534. The van der Waals surface area contributed by atoms with E-state index in [1.54, 1.807) is 13.0 Å². The number of aliphatic hydroxyl groups is 3. The highest BCUT2D eigenvalue weighted by Gasteiger charge is 2.38. The van der Waals surface area contributed by atoms with Crippen molar-refractivity contribution in [1.82, 2.24) is 0 Å². The van der Waals surface area contributed by atoms with Crippen molar-refractivity contribution >= 4 is 11.4 Å². The van der Waals surface area contributed by atoms with Crippen LogP contribution in [0.2, 0.25) is 0 Å².